The van der Waals surface area contributed by atoms with Crippen LogP contribution in [0.25, 0.3) is 5.76 Å². The number of rotatable bonds is 2. The van der Waals surface area contributed by atoms with E-state index in [-0.39, 0.29) is 5.76 Å². The first kappa shape index (κ1) is 15.1. The van der Waals surface area contributed by atoms with Gasteiger partial charge < -0.3 is 10.0 Å². The highest BCUT2D eigenvalue weighted by Crippen LogP contribution is 2.36. The summed E-state index contributed by atoms with van der Waals surface area (Å²) in [7, 11) is 0. The maximum Gasteiger partial charge on any atom is 0.138 e. The summed E-state index contributed by atoms with van der Waals surface area (Å²) in [5.74, 6) is 1.74. The molecule has 1 aromatic heterocycles. The van der Waals surface area contributed by atoms with Crippen molar-refractivity contribution in [3.63, 3.8) is 0 Å². The molecule has 24 heavy (non-hydrogen) atoms. The largest absolute Gasteiger partial charge is 0.507 e. The maximum absolute atomic E-state index is 10.4. The number of fused-ring (bicyclic) bond motifs is 3. The van der Waals surface area contributed by atoms with Crippen molar-refractivity contribution in [2.45, 2.75) is 6.92 Å². The highest BCUT2D eigenvalue weighted by atomic mass is 79.9. The van der Waals surface area contributed by atoms with Gasteiger partial charge in [-0.15, -0.1) is 0 Å². The summed E-state index contributed by atoms with van der Waals surface area (Å²) in [4.78, 5) is 15.5. The summed E-state index contributed by atoms with van der Waals surface area (Å²) in [6.07, 6.45) is 4.98. The Labute approximate surface area is 148 Å². The number of hydrogen-bond acceptors (Lipinski definition) is 5. The van der Waals surface area contributed by atoms with Gasteiger partial charge in [-0.05, 0) is 52.7 Å². The Balaban J connectivity index is 1.84. The first-order valence-corrected chi connectivity index (χ1v) is 8.45. The zero-order valence-electron chi connectivity index (χ0n) is 13.1. The number of benzene rings is 1. The summed E-state index contributed by atoms with van der Waals surface area (Å²) in [5, 5.41) is 10.4. The number of aliphatic hydroxyl groups is 1. The molecule has 3 heterocycles. The van der Waals surface area contributed by atoms with Crippen LogP contribution in [0.15, 0.2) is 57.2 Å². The molecule has 2 aliphatic heterocycles. The van der Waals surface area contributed by atoms with E-state index >= 15 is 0 Å². The molecule has 0 unspecified atom stereocenters. The average molecular weight is 383 g/mol. The van der Waals surface area contributed by atoms with E-state index in [0.717, 1.165) is 40.2 Å². The standard InChI is InChI=1S/C18H15BrN4O/c1-11-7-13-17(14(19)8-11)22-16(23-6-5-21-18(13)23)9-15(24)12-3-2-4-20-10-12/h2-4,7-10,24H,5-6H2,1H3/b15-9-. The van der Waals surface area contributed by atoms with Crippen molar-refractivity contribution >= 4 is 39.0 Å². The van der Waals surface area contributed by atoms with Gasteiger partial charge in [0.2, 0.25) is 0 Å². The van der Waals surface area contributed by atoms with Gasteiger partial charge in [0.15, 0.2) is 0 Å². The lowest BCUT2D eigenvalue weighted by atomic mass is 10.1. The van der Waals surface area contributed by atoms with Crippen molar-refractivity contribution in [2.75, 3.05) is 13.1 Å². The molecule has 0 saturated heterocycles. The van der Waals surface area contributed by atoms with E-state index in [4.69, 9.17) is 4.99 Å². The lowest BCUT2D eigenvalue weighted by Crippen LogP contribution is -2.36. The third-order valence-corrected chi connectivity index (χ3v) is 4.62. The normalized spacial score (nSPS) is 16.4. The van der Waals surface area contributed by atoms with Crippen molar-refractivity contribution < 1.29 is 5.11 Å². The Kier molecular flexibility index (Phi) is 3.69. The highest BCUT2D eigenvalue weighted by Gasteiger charge is 2.30. The molecule has 0 amide bonds. The number of aliphatic imine (C=N–C) groups is 2. The zero-order chi connectivity index (χ0) is 16.7. The van der Waals surface area contributed by atoms with Gasteiger partial charge in [-0.1, -0.05) is 0 Å². The smallest absolute Gasteiger partial charge is 0.138 e. The Morgan fingerprint density at radius 2 is 2.25 bits per heavy atom. The topological polar surface area (TPSA) is 61.1 Å². The molecule has 0 aliphatic carbocycles. The van der Waals surface area contributed by atoms with Crippen LogP contribution in [0.4, 0.5) is 5.69 Å². The van der Waals surface area contributed by atoms with Gasteiger partial charge >= 0.3 is 0 Å². The van der Waals surface area contributed by atoms with Gasteiger partial charge in [-0.2, -0.15) is 0 Å². The molecular formula is C18H15BrN4O. The fourth-order valence-electron chi connectivity index (χ4n) is 2.92. The first-order chi connectivity index (χ1) is 11.6. The molecule has 0 spiro atoms. The van der Waals surface area contributed by atoms with Gasteiger partial charge in [0.1, 0.15) is 17.4 Å². The lowest BCUT2D eigenvalue weighted by molar-refractivity contribution is 0.511. The summed E-state index contributed by atoms with van der Waals surface area (Å²) >= 11 is 3.59. The third-order valence-electron chi connectivity index (χ3n) is 4.02. The molecule has 0 atom stereocenters. The van der Waals surface area contributed by atoms with Gasteiger partial charge in [-0.3, -0.25) is 9.98 Å². The van der Waals surface area contributed by atoms with Gasteiger partial charge in [-0.25, -0.2) is 4.99 Å². The molecule has 0 bridgehead atoms. The summed E-state index contributed by atoms with van der Waals surface area (Å²) in [6, 6.07) is 7.74. The fraction of sp³-hybridized carbons (Fsp3) is 0.167. The second-order valence-electron chi connectivity index (χ2n) is 5.74. The van der Waals surface area contributed by atoms with Crippen molar-refractivity contribution in [3.05, 3.63) is 63.9 Å². The number of nitrogens with zero attached hydrogens (tertiary/aromatic N) is 4. The monoisotopic (exact) mass is 382 g/mol. The summed E-state index contributed by atoms with van der Waals surface area (Å²) in [5.41, 5.74) is 3.69. The maximum atomic E-state index is 10.4. The number of amidine groups is 2. The minimum absolute atomic E-state index is 0.139. The minimum Gasteiger partial charge on any atom is -0.507 e. The zero-order valence-corrected chi connectivity index (χ0v) is 14.7. The SMILES string of the molecule is Cc1cc(Br)c2c(c1)C1=NCCN1C(/C=C(\O)c1cccnc1)=N2. The van der Waals surface area contributed by atoms with E-state index in [9.17, 15) is 5.11 Å². The number of aryl methyl sites for hydroxylation is 1. The number of hydrogen-bond donors (Lipinski definition) is 1. The molecule has 120 valence electrons. The molecule has 0 radical (unpaired) electrons. The first-order valence-electron chi connectivity index (χ1n) is 7.66. The molecule has 0 saturated carbocycles. The van der Waals surface area contributed by atoms with Crippen LogP contribution in [0.2, 0.25) is 0 Å². The lowest BCUT2D eigenvalue weighted by Gasteiger charge is -2.27. The van der Waals surface area contributed by atoms with E-state index in [1.54, 1.807) is 24.5 Å². The van der Waals surface area contributed by atoms with Crippen LogP contribution in [0, 0.1) is 6.92 Å². The van der Waals surface area contributed by atoms with Crippen molar-refractivity contribution in [1.82, 2.24) is 9.88 Å². The van der Waals surface area contributed by atoms with Crippen molar-refractivity contribution in [2.24, 2.45) is 9.98 Å². The van der Waals surface area contributed by atoms with E-state index in [0.29, 0.717) is 11.4 Å². The number of aromatic nitrogens is 1. The molecule has 0 fully saturated rings. The predicted molar refractivity (Wildman–Crippen MR) is 98.9 cm³/mol. The second kappa shape index (κ2) is 5.87. The van der Waals surface area contributed by atoms with Crippen LogP contribution >= 0.6 is 15.9 Å². The Morgan fingerprint density at radius 3 is 3.04 bits per heavy atom. The van der Waals surface area contributed by atoms with E-state index in [2.05, 4.69) is 38.9 Å². The molecular weight excluding hydrogens is 368 g/mol. The van der Waals surface area contributed by atoms with Crippen LogP contribution in [0.5, 0.6) is 0 Å². The average Bonchev–Trinajstić information content (AvgIpc) is 3.07. The summed E-state index contributed by atoms with van der Waals surface area (Å²) in [6.45, 7) is 3.54. The van der Waals surface area contributed by atoms with Crippen LogP contribution < -0.4 is 0 Å². The van der Waals surface area contributed by atoms with Crippen LogP contribution in [0.1, 0.15) is 16.7 Å². The van der Waals surface area contributed by atoms with Crippen LogP contribution in [-0.2, 0) is 0 Å². The fourth-order valence-corrected chi connectivity index (χ4v) is 3.59. The van der Waals surface area contributed by atoms with Crippen molar-refractivity contribution in [3.8, 4) is 0 Å². The molecule has 2 aromatic rings. The molecule has 6 heteroatoms. The van der Waals surface area contributed by atoms with E-state index < -0.39 is 0 Å². The van der Waals surface area contributed by atoms with E-state index in [1.165, 1.54) is 0 Å². The minimum atomic E-state index is 0.139. The van der Waals surface area contributed by atoms with E-state index in [1.807, 2.05) is 17.0 Å². The summed E-state index contributed by atoms with van der Waals surface area (Å²) < 4.78 is 0.929. The third kappa shape index (κ3) is 2.53. The molecule has 1 aromatic carbocycles. The predicted octanol–water partition coefficient (Wildman–Crippen LogP) is 3.86. The Hall–Kier alpha value is -2.47. The van der Waals surface area contributed by atoms with Gasteiger partial charge in [0.25, 0.3) is 0 Å². The van der Waals surface area contributed by atoms with Crippen LogP contribution in [-0.4, -0.2) is 39.8 Å². The molecule has 1 N–H and O–H groups in total. The number of halogens is 1. The van der Waals surface area contributed by atoms with Crippen LogP contribution in [0.3, 0.4) is 0 Å². The Bertz CT molecular complexity index is 903. The molecule has 2 aliphatic rings. The quantitative estimate of drug-likeness (QED) is 0.802. The van der Waals surface area contributed by atoms with Gasteiger partial charge in [0, 0.05) is 40.6 Å². The highest BCUT2D eigenvalue weighted by molar-refractivity contribution is 9.10. The second-order valence-corrected chi connectivity index (χ2v) is 6.60. The Morgan fingerprint density at radius 1 is 1.38 bits per heavy atom. The number of pyridine rings is 1. The molecule has 4 rings (SSSR count). The number of aliphatic hydroxyl groups excluding tert-OH is 1. The van der Waals surface area contributed by atoms with Crippen molar-refractivity contribution in [1.29, 1.82) is 0 Å². The van der Waals surface area contributed by atoms with Gasteiger partial charge in [0.05, 0.1) is 12.2 Å². The molecule has 5 nitrogen and oxygen atoms in total.